The van der Waals surface area contributed by atoms with Crippen LogP contribution in [0.25, 0.3) is 0 Å². The van der Waals surface area contributed by atoms with Crippen molar-refractivity contribution in [3.05, 3.63) is 0 Å². The minimum atomic E-state index is -4.17. The van der Waals surface area contributed by atoms with E-state index in [9.17, 15) is 9.46 Å². The van der Waals surface area contributed by atoms with E-state index in [1.165, 1.54) is 38.5 Å². The molecule has 1 unspecified atom stereocenters. The summed E-state index contributed by atoms with van der Waals surface area (Å²) in [6.45, 7) is 3.24. The van der Waals surface area contributed by atoms with Crippen LogP contribution in [0.15, 0.2) is 0 Å². The quantitative estimate of drug-likeness (QED) is 0.109. The van der Waals surface area contributed by atoms with E-state index in [0.29, 0.717) is 17.6 Å². The molecule has 0 rings (SSSR count). The maximum Gasteiger partial charge on any atom is 0.472 e. The van der Waals surface area contributed by atoms with Crippen molar-refractivity contribution in [2.45, 2.75) is 64.4 Å². The summed E-state index contributed by atoms with van der Waals surface area (Å²) in [4.78, 5) is 13.9. The first-order chi connectivity index (χ1) is 12.7. The Bertz CT molecular complexity index is 390. The van der Waals surface area contributed by atoms with E-state index in [1.54, 1.807) is 0 Å². The Morgan fingerprint density at radius 1 is 0.889 bits per heavy atom. The van der Waals surface area contributed by atoms with E-state index in [4.69, 9.17) is 19.0 Å². The Labute approximate surface area is 164 Å². The molecule has 164 valence electrons. The van der Waals surface area contributed by atoms with Crippen LogP contribution in [0, 0.1) is 0 Å². The molecule has 0 aliphatic rings. The minimum absolute atomic E-state index is 0.0892. The van der Waals surface area contributed by atoms with Gasteiger partial charge in [0.15, 0.2) is 0 Å². The zero-order valence-corrected chi connectivity index (χ0v) is 18.5. The van der Waals surface area contributed by atoms with Gasteiger partial charge in [0, 0.05) is 6.61 Å². The fourth-order valence-corrected chi connectivity index (χ4v) is 3.05. The Kier molecular flexibility index (Phi) is 15.8. The van der Waals surface area contributed by atoms with Gasteiger partial charge in [-0.25, -0.2) is 9.45 Å². The number of phosphoric ester groups is 1. The maximum atomic E-state index is 11.8. The largest absolute Gasteiger partial charge is 0.472 e. The van der Waals surface area contributed by atoms with Gasteiger partial charge in [-0.1, -0.05) is 51.9 Å². The molecule has 0 aliphatic carbocycles. The van der Waals surface area contributed by atoms with Gasteiger partial charge in [-0.05, 0) is 6.42 Å². The average molecular weight is 415 g/mol. The fourth-order valence-electron chi connectivity index (χ4n) is 2.31. The van der Waals surface area contributed by atoms with Crippen LogP contribution in [0.4, 0.5) is 0 Å². The molecule has 0 spiro atoms. The number of hydrogen-bond donors (Lipinski definition) is 2. The Hall–Kier alpha value is -0.0500. The van der Waals surface area contributed by atoms with Gasteiger partial charge < -0.3 is 14.1 Å². The highest BCUT2D eigenvalue weighted by Gasteiger charge is 2.25. The second-order valence-corrected chi connectivity index (χ2v) is 9.34. The van der Waals surface area contributed by atoms with Gasteiger partial charge in [0.2, 0.25) is 0 Å². The lowest BCUT2D eigenvalue weighted by Gasteiger charge is -2.24. The lowest BCUT2D eigenvalue weighted by Crippen LogP contribution is -2.37. The van der Waals surface area contributed by atoms with Gasteiger partial charge in [-0.15, -0.1) is 0 Å². The lowest BCUT2D eigenvalue weighted by molar-refractivity contribution is -0.870. The number of ether oxygens (including phenoxy) is 1. The standard InChI is InChI=1S/C18H40NO7P/c1-5-6-7-8-9-10-11-12-14-23-16-18(26-20)17-25-27(21,22)24-15-13-19(2,3)4/h18H,5-17H2,1-4H3,(H-,20,21,22)/p+1/t18-/m1/s1. The summed E-state index contributed by atoms with van der Waals surface area (Å²) in [7, 11) is 1.68. The van der Waals surface area contributed by atoms with Crippen molar-refractivity contribution in [3.8, 4) is 0 Å². The van der Waals surface area contributed by atoms with Crippen LogP contribution >= 0.6 is 7.82 Å². The summed E-state index contributed by atoms with van der Waals surface area (Å²) < 4.78 is 27.6. The molecule has 0 saturated carbocycles. The van der Waals surface area contributed by atoms with Gasteiger partial charge in [-0.2, -0.15) is 0 Å². The van der Waals surface area contributed by atoms with E-state index < -0.39 is 13.9 Å². The normalized spacial score (nSPS) is 15.6. The first kappa shape index (κ1) is 27.0. The van der Waals surface area contributed by atoms with Crippen molar-refractivity contribution >= 4 is 7.82 Å². The molecule has 8 nitrogen and oxygen atoms in total. The van der Waals surface area contributed by atoms with E-state index >= 15 is 0 Å². The molecule has 0 aromatic heterocycles. The van der Waals surface area contributed by atoms with Crippen LogP contribution in [0.2, 0.25) is 0 Å². The Morgan fingerprint density at radius 2 is 1.48 bits per heavy atom. The number of quaternary nitrogens is 1. The molecule has 9 heteroatoms. The van der Waals surface area contributed by atoms with Crippen LogP contribution in [-0.2, 0) is 23.2 Å². The van der Waals surface area contributed by atoms with E-state index in [2.05, 4.69) is 11.8 Å². The predicted molar refractivity (Wildman–Crippen MR) is 106 cm³/mol. The highest BCUT2D eigenvalue weighted by atomic mass is 31.2. The van der Waals surface area contributed by atoms with E-state index in [-0.39, 0.29) is 19.8 Å². The molecule has 0 saturated heterocycles. The molecule has 0 aliphatic heterocycles. The molecular formula is C18H41NO7P+. The number of unbranched alkanes of at least 4 members (excludes halogenated alkanes) is 7. The molecular weight excluding hydrogens is 373 g/mol. The molecule has 27 heavy (non-hydrogen) atoms. The molecule has 2 N–H and O–H groups in total. The van der Waals surface area contributed by atoms with Gasteiger partial charge in [0.25, 0.3) is 0 Å². The topological polar surface area (TPSA) is 94.5 Å². The summed E-state index contributed by atoms with van der Waals surface area (Å²) in [5, 5.41) is 8.87. The molecule has 0 amide bonds. The zero-order chi connectivity index (χ0) is 20.6. The molecule has 0 bridgehead atoms. The summed E-state index contributed by atoms with van der Waals surface area (Å²) in [5.74, 6) is 0. The lowest BCUT2D eigenvalue weighted by atomic mass is 10.1. The van der Waals surface area contributed by atoms with Crippen molar-refractivity contribution in [2.24, 2.45) is 0 Å². The third-order valence-corrected chi connectivity index (χ3v) is 5.02. The minimum Gasteiger partial charge on any atom is -0.379 e. The zero-order valence-electron chi connectivity index (χ0n) is 17.6. The van der Waals surface area contributed by atoms with E-state index in [1.807, 2.05) is 21.1 Å². The Balaban J connectivity index is 3.72. The van der Waals surface area contributed by atoms with Crippen molar-refractivity contribution < 1.29 is 37.9 Å². The summed E-state index contributed by atoms with van der Waals surface area (Å²) in [6, 6.07) is 0. The molecule has 0 aromatic carbocycles. The second-order valence-electron chi connectivity index (χ2n) is 7.89. The summed E-state index contributed by atoms with van der Waals surface area (Å²) >= 11 is 0. The highest BCUT2D eigenvalue weighted by Crippen LogP contribution is 2.43. The third-order valence-electron chi connectivity index (χ3n) is 4.04. The van der Waals surface area contributed by atoms with Crippen molar-refractivity contribution in [2.75, 3.05) is 54.1 Å². The smallest absolute Gasteiger partial charge is 0.379 e. The molecule has 0 aromatic rings. The third kappa shape index (κ3) is 19.1. The van der Waals surface area contributed by atoms with Crippen LogP contribution in [-0.4, -0.2) is 74.9 Å². The fraction of sp³-hybridized carbons (Fsp3) is 1.00. The molecule has 0 fully saturated rings. The molecule has 2 atom stereocenters. The second kappa shape index (κ2) is 15.8. The maximum absolute atomic E-state index is 11.8. The van der Waals surface area contributed by atoms with Crippen LogP contribution in [0.1, 0.15) is 58.3 Å². The van der Waals surface area contributed by atoms with Gasteiger partial charge >= 0.3 is 7.82 Å². The monoisotopic (exact) mass is 414 g/mol. The van der Waals surface area contributed by atoms with Crippen LogP contribution in [0.5, 0.6) is 0 Å². The molecule has 0 radical (unpaired) electrons. The number of rotatable bonds is 19. The predicted octanol–water partition coefficient (Wildman–Crippen LogP) is 3.84. The van der Waals surface area contributed by atoms with Crippen molar-refractivity contribution in [3.63, 3.8) is 0 Å². The van der Waals surface area contributed by atoms with Crippen molar-refractivity contribution in [1.29, 1.82) is 0 Å². The van der Waals surface area contributed by atoms with Crippen molar-refractivity contribution in [1.82, 2.24) is 0 Å². The first-order valence-electron chi connectivity index (χ1n) is 10.0. The SMILES string of the molecule is CCCCCCCCCCOC[C@H](COP(=O)(O)OCC[N+](C)(C)C)OO. The van der Waals surface area contributed by atoms with Gasteiger partial charge in [0.1, 0.15) is 19.3 Å². The average Bonchev–Trinajstić information content (AvgIpc) is 2.57. The van der Waals surface area contributed by atoms with Crippen LogP contribution in [0.3, 0.4) is 0 Å². The number of hydrogen-bond acceptors (Lipinski definition) is 6. The Morgan fingerprint density at radius 3 is 2.04 bits per heavy atom. The number of likely N-dealkylation sites (N-methyl/N-ethyl adjacent to an activating group) is 1. The molecule has 0 heterocycles. The van der Waals surface area contributed by atoms with E-state index in [0.717, 1.165) is 12.8 Å². The number of phosphoric acid groups is 1. The van der Waals surface area contributed by atoms with Gasteiger partial charge in [-0.3, -0.25) is 14.3 Å². The summed E-state index contributed by atoms with van der Waals surface area (Å²) in [5.41, 5.74) is 0. The van der Waals surface area contributed by atoms with Crippen LogP contribution < -0.4 is 0 Å². The van der Waals surface area contributed by atoms with Gasteiger partial charge in [0.05, 0.1) is 34.4 Å². The summed E-state index contributed by atoms with van der Waals surface area (Å²) in [6.07, 6.45) is 8.88. The first-order valence-corrected chi connectivity index (χ1v) is 11.5. The highest BCUT2D eigenvalue weighted by molar-refractivity contribution is 7.47. The number of nitrogens with zero attached hydrogens (tertiary/aromatic N) is 1.